The first-order valence-corrected chi connectivity index (χ1v) is 7.08. The Hall–Kier alpha value is -0.970. The van der Waals surface area contributed by atoms with Gasteiger partial charge < -0.3 is 5.32 Å². The van der Waals surface area contributed by atoms with Gasteiger partial charge in [0.25, 0.3) is 0 Å². The molecule has 1 N–H and O–H groups in total. The molecular formula is C13H14ClFN2S. The lowest BCUT2D eigenvalue weighted by Crippen LogP contribution is -2.23. The van der Waals surface area contributed by atoms with Gasteiger partial charge in [-0.15, -0.1) is 11.3 Å². The lowest BCUT2D eigenvalue weighted by molar-refractivity contribution is 0.536. The minimum Gasteiger partial charge on any atom is -0.309 e. The van der Waals surface area contributed by atoms with Crippen molar-refractivity contribution in [3.63, 3.8) is 0 Å². The van der Waals surface area contributed by atoms with Crippen molar-refractivity contribution in [3.8, 4) is 0 Å². The summed E-state index contributed by atoms with van der Waals surface area (Å²) in [7, 11) is 0. The normalized spacial score (nSPS) is 12.6. The number of nitrogens with one attached hydrogen (secondary N) is 1. The van der Waals surface area contributed by atoms with E-state index in [1.165, 1.54) is 6.07 Å². The summed E-state index contributed by atoms with van der Waals surface area (Å²) in [5.41, 5.74) is 3.72. The molecule has 2 nitrogen and oxygen atoms in total. The van der Waals surface area contributed by atoms with Crippen LogP contribution in [0.3, 0.4) is 0 Å². The minimum absolute atomic E-state index is 0.113. The van der Waals surface area contributed by atoms with Gasteiger partial charge in [0.05, 0.1) is 22.3 Å². The van der Waals surface area contributed by atoms with Crippen molar-refractivity contribution in [2.24, 2.45) is 0 Å². The highest BCUT2D eigenvalue weighted by atomic mass is 35.5. The van der Waals surface area contributed by atoms with E-state index in [0.29, 0.717) is 6.42 Å². The van der Waals surface area contributed by atoms with E-state index >= 15 is 0 Å². The average molecular weight is 285 g/mol. The molecular weight excluding hydrogens is 271 g/mol. The maximum absolute atomic E-state index is 13.4. The van der Waals surface area contributed by atoms with Crippen molar-refractivity contribution in [1.82, 2.24) is 10.3 Å². The summed E-state index contributed by atoms with van der Waals surface area (Å²) in [5, 5.41) is 5.53. The van der Waals surface area contributed by atoms with Gasteiger partial charge in [0.1, 0.15) is 5.82 Å². The van der Waals surface area contributed by atoms with Crippen LogP contribution < -0.4 is 5.32 Å². The van der Waals surface area contributed by atoms with E-state index in [0.717, 1.165) is 17.8 Å². The van der Waals surface area contributed by atoms with Crippen molar-refractivity contribution in [2.75, 3.05) is 6.54 Å². The third-order valence-electron chi connectivity index (χ3n) is 2.68. The predicted molar refractivity (Wildman–Crippen MR) is 73.6 cm³/mol. The largest absolute Gasteiger partial charge is 0.309 e. The molecule has 0 aliphatic carbocycles. The zero-order chi connectivity index (χ0) is 13.0. The lowest BCUT2D eigenvalue weighted by Gasteiger charge is -2.16. The van der Waals surface area contributed by atoms with E-state index in [-0.39, 0.29) is 16.9 Å². The first-order chi connectivity index (χ1) is 8.70. The molecule has 0 amide bonds. The van der Waals surface area contributed by atoms with Crippen LogP contribution in [-0.2, 0) is 6.42 Å². The Bertz CT molecular complexity index is 502. The number of hydrogen-bond acceptors (Lipinski definition) is 3. The van der Waals surface area contributed by atoms with Crippen LogP contribution in [0.2, 0.25) is 5.02 Å². The van der Waals surface area contributed by atoms with Crippen molar-refractivity contribution in [1.29, 1.82) is 0 Å². The van der Waals surface area contributed by atoms with E-state index < -0.39 is 0 Å². The molecule has 0 saturated carbocycles. The van der Waals surface area contributed by atoms with Crippen LogP contribution in [0.25, 0.3) is 0 Å². The van der Waals surface area contributed by atoms with E-state index in [1.54, 1.807) is 17.4 Å². The highest BCUT2D eigenvalue weighted by molar-refractivity contribution is 7.07. The van der Waals surface area contributed by atoms with Crippen LogP contribution in [0.1, 0.15) is 24.2 Å². The number of rotatable bonds is 5. The van der Waals surface area contributed by atoms with Crippen molar-refractivity contribution in [2.45, 2.75) is 19.4 Å². The maximum atomic E-state index is 13.4. The fourth-order valence-electron chi connectivity index (χ4n) is 1.82. The first kappa shape index (κ1) is 13.5. The quantitative estimate of drug-likeness (QED) is 0.903. The summed E-state index contributed by atoms with van der Waals surface area (Å²) in [4.78, 5) is 4.31. The second-order valence-electron chi connectivity index (χ2n) is 3.98. The van der Waals surface area contributed by atoms with Gasteiger partial charge in [0.2, 0.25) is 0 Å². The molecule has 96 valence electrons. The molecule has 0 radical (unpaired) electrons. The predicted octanol–water partition coefficient (Wildman–Crippen LogP) is 3.83. The Balaban J connectivity index is 2.16. The second-order valence-corrected chi connectivity index (χ2v) is 5.10. The number of nitrogens with zero attached hydrogens (tertiary/aromatic N) is 1. The monoisotopic (exact) mass is 284 g/mol. The van der Waals surface area contributed by atoms with E-state index in [9.17, 15) is 4.39 Å². The molecule has 18 heavy (non-hydrogen) atoms. The van der Waals surface area contributed by atoms with Crippen LogP contribution in [0, 0.1) is 5.82 Å². The van der Waals surface area contributed by atoms with Gasteiger partial charge in [-0.2, -0.15) is 0 Å². The number of aromatic nitrogens is 1. The van der Waals surface area contributed by atoms with Crippen LogP contribution in [0.5, 0.6) is 0 Å². The molecule has 0 saturated heterocycles. The number of halogens is 2. The fraction of sp³-hybridized carbons (Fsp3) is 0.308. The Labute approximate surface area is 115 Å². The third-order valence-corrected chi connectivity index (χ3v) is 3.59. The Kier molecular flexibility index (Phi) is 4.69. The standard InChI is InChI=1S/C13H14ClFN2S/c1-2-16-12(13-7-18-8-17-13)6-9-3-4-10(14)11(15)5-9/h3-5,7-8,12,16H,2,6H2,1H3. The molecule has 1 unspecified atom stereocenters. The smallest absolute Gasteiger partial charge is 0.142 e. The number of likely N-dealkylation sites (N-methyl/N-ethyl adjacent to an activating group) is 1. The summed E-state index contributed by atoms with van der Waals surface area (Å²) in [6.07, 6.45) is 0.700. The van der Waals surface area contributed by atoms with Gasteiger partial charge in [-0.25, -0.2) is 9.37 Å². The molecule has 1 aromatic heterocycles. The zero-order valence-corrected chi connectivity index (χ0v) is 11.6. The van der Waals surface area contributed by atoms with Crippen LogP contribution in [0.15, 0.2) is 29.1 Å². The lowest BCUT2D eigenvalue weighted by atomic mass is 10.0. The molecule has 1 atom stereocenters. The Morgan fingerprint density at radius 3 is 2.94 bits per heavy atom. The first-order valence-electron chi connectivity index (χ1n) is 5.76. The summed E-state index contributed by atoms with van der Waals surface area (Å²) < 4.78 is 13.4. The average Bonchev–Trinajstić information content (AvgIpc) is 2.87. The number of hydrogen-bond donors (Lipinski definition) is 1. The molecule has 2 aromatic rings. The van der Waals surface area contributed by atoms with Crippen molar-refractivity contribution in [3.05, 3.63) is 51.2 Å². The van der Waals surface area contributed by atoms with Gasteiger partial charge in [0.15, 0.2) is 0 Å². The number of benzene rings is 1. The third kappa shape index (κ3) is 3.28. The molecule has 0 aliphatic heterocycles. The van der Waals surface area contributed by atoms with Crippen LogP contribution in [-0.4, -0.2) is 11.5 Å². The van der Waals surface area contributed by atoms with Crippen LogP contribution >= 0.6 is 22.9 Å². The summed E-state index contributed by atoms with van der Waals surface area (Å²) >= 11 is 7.24. The summed E-state index contributed by atoms with van der Waals surface area (Å²) in [5.74, 6) is -0.373. The molecule has 1 aromatic carbocycles. The molecule has 0 fully saturated rings. The molecule has 1 heterocycles. The fourth-order valence-corrected chi connectivity index (χ4v) is 2.55. The van der Waals surface area contributed by atoms with Gasteiger partial charge >= 0.3 is 0 Å². The van der Waals surface area contributed by atoms with Gasteiger partial charge in [-0.05, 0) is 30.7 Å². The highest BCUT2D eigenvalue weighted by Crippen LogP contribution is 2.21. The van der Waals surface area contributed by atoms with E-state index in [4.69, 9.17) is 11.6 Å². The summed E-state index contributed by atoms with van der Waals surface area (Å²) in [6, 6.07) is 5.04. The topological polar surface area (TPSA) is 24.9 Å². The van der Waals surface area contributed by atoms with E-state index in [1.807, 2.05) is 23.9 Å². The highest BCUT2D eigenvalue weighted by Gasteiger charge is 2.13. The summed E-state index contributed by atoms with van der Waals surface area (Å²) in [6.45, 7) is 2.89. The molecule has 0 aliphatic rings. The molecule has 2 rings (SSSR count). The van der Waals surface area contributed by atoms with Gasteiger partial charge in [0, 0.05) is 5.38 Å². The maximum Gasteiger partial charge on any atom is 0.142 e. The van der Waals surface area contributed by atoms with Crippen molar-refractivity contribution < 1.29 is 4.39 Å². The number of thiazole rings is 1. The van der Waals surface area contributed by atoms with Crippen molar-refractivity contribution >= 4 is 22.9 Å². The molecule has 0 spiro atoms. The SMILES string of the molecule is CCNC(Cc1ccc(Cl)c(F)c1)c1cscn1. The molecule has 5 heteroatoms. The van der Waals surface area contributed by atoms with Gasteiger partial charge in [-0.3, -0.25) is 0 Å². The Morgan fingerprint density at radius 1 is 1.50 bits per heavy atom. The van der Waals surface area contributed by atoms with E-state index in [2.05, 4.69) is 10.3 Å². The molecule has 0 bridgehead atoms. The second kappa shape index (κ2) is 6.27. The minimum atomic E-state index is -0.373. The van der Waals surface area contributed by atoms with Crippen LogP contribution in [0.4, 0.5) is 4.39 Å². The zero-order valence-electron chi connectivity index (χ0n) is 9.99. The Morgan fingerprint density at radius 2 is 2.33 bits per heavy atom. The van der Waals surface area contributed by atoms with Gasteiger partial charge in [-0.1, -0.05) is 24.6 Å².